The van der Waals surface area contributed by atoms with Crippen molar-refractivity contribution in [1.29, 1.82) is 0 Å². The van der Waals surface area contributed by atoms with Gasteiger partial charge in [-0.2, -0.15) is 4.94 Å². The van der Waals surface area contributed by atoms with Gasteiger partial charge in [0.15, 0.2) is 0 Å². The third-order valence-electron chi connectivity index (χ3n) is 1.51. The predicted octanol–water partition coefficient (Wildman–Crippen LogP) is 0.842. The van der Waals surface area contributed by atoms with Gasteiger partial charge in [0.2, 0.25) is 0 Å². The number of hydrogen-bond acceptors (Lipinski definition) is 3. The molecule has 0 spiro atoms. The molecule has 4 nitrogen and oxygen atoms in total. The van der Waals surface area contributed by atoms with E-state index in [4.69, 9.17) is 0 Å². The van der Waals surface area contributed by atoms with Crippen LogP contribution in [0.5, 0.6) is 0 Å². The van der Waals surface area contributed by atoms with Crippen LogP contribution in [0.3, 0.4) is 0 Å². The highest BCUT2D eigenvalue weighted by molar-refractivity contribution is 5.92. The van der Waals surface area contributed by atoms with Gasteiger partial charge in [-0.15, -0.1) is 0 Å². The number of amides is 1. The lowest BCUT2D eigenvalue weighted by Gasteiger charge is -2.00. The second-order valence-corrected chi connectivity index (χ2v) is 2.38. The van der Waals surface area contributed by atoms with E-state index in [1.165, 1.54) is 19.3 Å². The standard InChI is InChI=1S/C8H9FN2O2/c1-10-8(12)7-4-6(5-13-9)2-3-11-7/h2-4H,5H2,1H3,(H,10,12). The average Bonchev–Trinajstić information content (AvgIpc) is 2.18. The molecule has 0 bridgehead atoms. The minimum atomic E-state index is -0.305. The summed E-state index contributed by atoms with van der Waals surface area (Å²) in [6, 6.07) is 3.05. The Labute approximate surface area is 74.6 Å². The van der Waals surface area contributed by atoms with Crippen LogP contribution >= 0.6 is 0 Å². The van der Waals surface area contributed by atoms with Crippen molar-refractivity contribution < 1.29 is 14.3 Å². The molecule has 1 heterocycles. The van der Waals surface area contributed by atoms with Crippen molar-refractivity contribution in [3.63, 3.8) is 0 Å². The third-order valence-corrected chi connectivity index (χ3v) is 1.51. The van der Waals surface area contributed by atoms with E-state index in [1.807, 2.05) is 0 Å². The summed E-state index contributed by atoms with van der Waals surface area (Å²) in [5, 5.41) is 2.41. The quantitative estimate of drug-likeness (QED) is 0.757. The fourth-order valence-corrected chi connectivity index (χ4v) is 0.879. The highest BCUT2D eigenvalue weighted by atomic mass is 19.3. The summed E-state index contributed by atoms with van der Waals surface area (Å²) in [5.41, 5.74) is 0.813. The molecular formula is C8H9FN2O2. The van der Waals surface area contributed by atoms with E-state index >= 15 is 0 Å². The number of nitrogens with one attached hydrogen (secondary N) is 1. The van der Waals surface area contributed by atoms with Gasteiger partial charge >= 0.3 is 0 Å². The fourth-order valence-electron chi connectivity index (χ4n) is 0.879. The van der Waals surface area contributed by atoms with Gasteiger partial charge in [-0.1, -0.05) is 0 Å². The van der Waals surface area contributed by atoms with E-state index in [9.17, 15) is 9.32 Å². The lowest BCUT2D eigenvalue weighted by Crippen LogP contribution is -2.19. The molecule has 0 aliphatic rings. The highest BCUT2D eigenvalue weighted by Gasteiger charge is 2.04. The maximum atomic E-state index is 11.5. The minimum Gasteiger partial charge on any atom is -0.354 e. The van der Waals surface area contributed by atoms with Crippen LogP contribution < -0.4 is 5.32 Å². The second-order valence-electron chi connectivity index (χ2n) is 2.38. The van der Waals surface area contributed by atoms with Crippen molar-refractivity contribution in [3.05, 3.63) is 29.6 Å². The molecule has 0 aliphatic heterocycles. The first-order chi connectivity index (χ1) is 6.27. The molecule has 0 atom stereocenters. The molecular weight excluding hydrogens is 175 g/mol. The Morgan fingerprint density at radius 2 is 2.54 bits per heavy atom. The normalized spacial score (nSPS) is 9.69. The van der Waals surface area contributed by atoms with E-state index in [1.54, 1.807) is 6.07 Å². The van der Waals surface area contributed by atoms with Crippen LogP contribution in [0.1, 0.15) is 16.1 Å². The Kier molecular flexibility index (Phi) is 3.33. The molecule has 1 amide bonds. The summed E-state index contributed by atoms with van der Waals surface area (Å²) in [6.07, 6.45) is 1.43. The van der Waals surface area contributed by atoms with Crippen molar-refractivity contribution in [2.75, 3.05) is 7.05 Å². The smallest absolute Gasteiger partial charge is 0.269 e. The summed E-state index contributed by atoms with van der Waals surface area (Å²) in [5.74, 6) is -0.305. The van der Waals surface area contributed by atoms with Crippen LogP contribution in [0, 0.1) is 0 Å². The monoisotopic (exact) mass is 184 g/mol. The SMILES string of the molecule is CNC(=O)c1cc(COF)ccn1. The maximum absolute atomic E-state index is 11.5. The second kappa shape index (κ2) is 4.51. The van der Waals surface area contributed by atoms with Crippen molar-refractivity contribution in [2.24, 2.45) is 0 Å². The topological polar surface area (TPSA) is 51.2 Å². The summed E-state index contributed by atoms with van der Waals surface area (Å²) in [6.45, 7) is -0.174. The van der Waals surface area contributed by atoms with E-state index in [-0.39, 0.29) is 18.2 Å². The Morgan fingerprint density at radius 3 is 3.15 bits per heavy atom. The van der Waals surface area contributed by atoms with Crippen LogP contribution in [0.25, 0.3) is 0 Å². The fraction of sp³-hybridized carbons (Fsp3) is 0.250. The Bertz CT molecular complexity index is 304. The van der Waals surface area contributed by atoms with Gasteiger partial charge in [0, 0.05) is 13.2 Å². The molecule has 0 saturated heterocycles. The van der Waals surface area contributed by atoms with E-state index < -0.39 is 0 Å². The molecule has 5 heteroatoms. The molecule has 13 heavy (non-hydrogen) atoms. The molecule has 0 unspecified atom stereocenters. The van der Waals surface area contributed by atoms with E-state index in [0.29, 0.717) is 5.56 Å². The van der Waals surface area contributed by atoms with Crippen molar-refractivity contribution >= 4 is 5.91 Å². The number of carbonyl (C=O) groups is 1. The lowest BCUT2D eigenvalue weighted by atomic mass is 10.2. The van der Waals surface area contributed by atoms with Crippen molar-refractivity contribution in [2.45, 2.75) is 6.61 Å². The van der Waals surface area contributed by atoms with Crippen molar-refractivity contribution in [1.82, 2.24) is 10.3 Å². The number of aromatic nitrogens is 1. The van der Waals surface area contributed by atoms with Gasteiger partial charge in [0.25, 0.3) is 5.91 Å². The third kappa shape index (κ3) is 2.48. The van der Waals surface area contributed by atoms with Crippen LogP contribution in [0.2, 0.25) is 0 Å². The molecule has 70 valence electrons. The van der Waals surface area contributed by atoms with Gasteiger partial charge in [0.1, 0.15) is 12.3 Å². The molecule has 0 saturated carbocycles. The number of nitrogens with zero attached hydrogens (tertiary/aromatic N) is 1. The summed E-state index contributed by atoms with van der Waals surface area (Å²) in [4.78, 5) is 18.3. The Balaban J connectivity index is 2.85. The first-order valence-electron chi connectivity index (χ1n) is 3.68. The zero-order chi connectivity index (χ0) is 9.68. The highest BCUT2D eigenvalue weighted by Crippen LogP contribution is 2.03. The molecule has 1 N–H and O–H groups in total. The zero-order valence-corrected chi connectivity index (χ0v) is 7.08. The Hall–Kier alpha value is -1.49. The molecule has 1 aromatic rings. The van der Waals surface area contributed by atoms with Crippen LogP contribution in [0.15, 0.2) is 18.3 Å². The summed E-state index contributed by atoms with van der Waals surface area (Å²) < 4.78 is 11.5. The zero-order valence-electron chi connectivity index (χ0n) is 7.08. The lowest BCUT2D eigenvalue weighted by molar-refractivity contribution is -0.144. The maximum Gasteiger partial charge on any atom is 0.269 e. The van der Waals surface area contributed by atoms with Gasteiger partial charge < -0.3 is 5.32 Å². The number of hydrogen-bond donors (Lipinski definition) is 1. The van der Waals surface area contributed by atoms with Gasteiger partial charge in [0.05, 0.1) is 0 Å². The van der Waals surface area contributed by atoms with E-state index in [2.05, 4.69) is 15.2 Å². The number of carbonyl (C=O) groups excluding carboxylic acids is 1. The van der Waals surface area contributed by atoms with Crippen molar-refractivity contribution in [3.8, 4) is 0 Å². The predicted molar refractivity (Wildman–Crippen MR) is 43.5 cm³/mol. The Morgan fingerprint density at radius 1 is 1.77 bits per heavy atom. The number of pyridine rings is 1. The number of halogens is 1. The summed E-state index contributed by atoms with van der Waals surface area (Å²) in [7, 11) is 1.50. The average molecular weight is 184 g/mol. The molecule has 1 rings (SSSR count). The van der Waals surface area contributed by atoms with Crippen LogP contribution in [0.4, 0.5) is 4.53 Å². The van der Waals surface area contributed by atoms with E-state index in [0.717, 1.165) is 0 Å². The van der Waals surface area contributed by atoms with Crippen LogP contribution in [-0.4, -0.2) is 17.9 Å². The minimum absolute atomic E-state index is 0.174. The van der Waals surface area contributed by atoms with Gasteiger partial charge in [-0.25, -0.2) is 0 Å². The molecule has 0 fully saturated rings. The first-order valence-corrected chi connectivity index (χ1v) is 3.68. The van der Waals surface area contributed by atoms with Gasteiger partial charge in [-0.3, -0.25) is 9.78 Å². The largest absolute Gasteiger partial charge is 0.354 e. The molecule has 0 radical (unpaired) electrons. The number of rotatable bonds is 3. The molecule has 1 aromatic heterocycles. The van der Waals surface area contributed by atoms with Gasteiger partial charge in [-0.05, 0) is 22.2 Å². The molecule has 0 aromatic carbocycles. The first kappa shape index (κ1) is 9.60. The van der Waals surface area contributed by atoms with Crippen LogP contribution in [-0.2, 0) is 11.5 Å². The molecule has 0 aliphatic carbocycles. The summed E-state index contributed by atoms with van der Waals surface area (Å²) >= 11 is 0.